The maximum absolute atomic E-state index is 14.2. The zero-order chi connectivity index (χ0) is 25.1. The lowest BCUT2D eigenvalue weighted by molar-refractivity contribution is 0.0888. The van der Waals surface area contributed by atoms with E-state index in [9.17, 15) is 13.6 Å². The van der Waals surface area contributed by atoms with E-state index in [-0.39, 0.29) is 23.3 Å². The third-order valence-corrected chi connectivity index (χ3v) is 8.40. The van der Waals surface area contributed by atoms with Crippen LogP contribution in [0.25, 0.3) is 5.65 Å². The summed E-state index contributed by atoms with van der Waals surface area (Å²) in [4.78, 5) is 24.7. The Labute approximate surface area is 213 Å². The SMILES string of the molecule is O=C(CC12CC1CCN(Cc1c(F)cccc1F)C2)c1ccc2c(c1)C(c1ccc3nccn3c1)=NC2. The zero-order valence-corrected chi connectivity index (χ0v) is 20.3. The number of fused-ring (bicyclic) bond motifs is 3. The highest BCUT2D eigenvalue weighted by molar-refractivity contribution is 6.16. The van der Waals surface area contributed by atoms with Gasteiger partial charge in [0.25, 0.3) is 0 Å². The molecule has 2 unspecified atom stereocenters. The zero-order valence-electron chi connectivity index (χ0n) is 20.3. The van der Waals surface area contributed by atoms with Crippen molar-refractivity contribution in [3.8, 4) is 0 Å². The summed E-state index contributed by atoms with van der Waals surface area (Å²) >= 11 is 0. The van der Waals surface area contributed by atoms with Crippen molar-refractivity contribution >= 4 is 17.1 Å². The summed E-state index contributed by atoms with van der Waals surface area (Å²) in [5.74, 6) is -0.385. The number of imidazole rings is 1. The van der Waals surface area contributed by atoms with Crippen molar-refractivity contribution in [2.75, 3.05) is 13.1 Å². The third kappa shape index (κ3) is 3.89. The Morgan fingerprint density at radius 2 is 1.97 bits per heavy atom. The van der Waals surface area contributed by atoms with Crippen LogP contribution in [0.15, 0.2) is 72.1 Å². The van der Waals surface area contributed by atoms with Crippen molar-refractivity contribution in [1.82, 2.24) is 14.3 Å². The molecule has 2 fully saturated rings. The number of pyridine rings is 1. The molecule has 0 spiro atoms. The van der Waals surface area contributed by atoms with E-state index in [1.807, 2.05) is 47.1 Å². The van der Waals surface area contributed by atoms with E-state index in [0.717, 1.165) is 47.4 Å². The molecule has 0 bridgehead atoms. The highest BCUT2D eigenvalue weighted by Gasteiger charge is 2.57. The highest BCUT2D eigenvalue weighted by Crippen LogP contribution is 2.60. The van der Waals surface area contributed by atoms with E-state index in [2.05, 4.69) is 9.88 Å². The highest BCUT2D eigenvalue weighted by atomic mass is 19.1. The average molecular weight is 497 g/mol. The van der Waals surface area contributed by atoms with Crippen LogP contribution in [0.3, 0.4) is 0 Å². The Morgan fingerprint density at radius 1 is 1.11 bits per heavy atom. The van der Waals surface area contributed by atoms with E-state index in [0.29, 0.717) is 31.0 Å². The first-order valence-corrected chi connectivity index (χ1v) is 12.8. The van der Waals surface area contributed by atoms with E-state index in [1.165, 1.54) is 18.2 Å². The summed E-state index contributed by atoms with van der Waals surface area (Å²) < 4.78 is 30.4. The molecule has 3 aliphatic rings. The van der Waals surface area contributed by atoms with Gasteiger partial charge in [0.1, 0.15) is 17.3 Å². The van der Waals surface area contributed by atoms with Gasteiger partial charge in [-0.15, -0.1) is 0 Å². The molecule has 37 heavy (non-hydrogen) atoms. The Morgan fingerprint density at radius 3 is 2.84 bits per heavy atom. The van der Waals surface area contributed by atoms with Gasteiger partial charge in [0.2, 0.25) is 0 Å². The lowest BCUT2D eigenvalue weighted by Crippen LogP contribution is -2.37. The Hall–Kier alpha value is -3.71. The second-order valence-electron chi connectivity index (χ2n) is 10.7. The molecule has 0 N–H and O–H groups in total. The number of aliphatic imine (C=N–C) groups is 1. The fourth-order valence-electron chi connectivity index (χ4n) is 6.30. The average Bonchev–Trinajstić information content (AvgIpc) is 3.20. The van der Waals surface area contributed by atoms with Crippen LogP contribution in [0.2, 0.25) is 0 Å². The molecule has 2 aliphatic heterocycles. The first-order chi connectivity index (χ1) is 18.0. The van der Waals surface area contributed by atoms with Gasteiger partial charge in [0, 0.05) is 60.4 Å². The van der Waals surface area contributed by atoms with Gasteiger partial charge in [-0.1, -0.05) is 18.2 Å². The largest absolute Gasteiger partial charge is 0.306 e. The van der Waals surface area contributed by atoms with Crippen molar-refractivity contribution in [3.05, 3.63) is 107 Å². The normalized spacial score (nSPS) is 22.5. The van der Waals surface area contributed by atoms with Gasteiger partial charge < -0.3 is 4.40 Å². The molecule has 1 saturated carbocycles. The number of hydrogen-bond acceptors (Lipinski definition) is 4. The second kappa shape index (κ2) is 8.42. The molecule has 2 atom stereocenters. The Bertz CT molecular complexity index is 1570. The molecule has 186 valence electrons. The fourth-order valence-corrected chi connectivity index (χ4v) is 6.30. The number of piperidine rings is 1. The van der Waals surface area contributed by atoms with Crippen LogP contribution < -0.4 is 0 Å². The topological polar surface area (TPSA) is 50.0 Å². The number of likely N-dealkylation sites (tertiary alicyclic amines) is 1. The molecular weight excluding hydrogens is 470 g/mol. The molecule has 2 aromatic heterocycles. The summed E-state index contributed by atoms with van der Waals surface area (Å²) in [6.07, 6.45) is 8.12. The summed E-state index contributed by atoms with van der Waals surface area (Å²) in [6, 6.07) is 13.9. The van der Waals surface area contributed by atoms with Gasteiger partial charge in [-0.2, -0.15) is 0 Å². The van der Waals surface area contributed by atoms with Gasteiger partial charge in [-0.3, -0.25) is 14.7 Å². The predicted octanol–water partition coefficient (Wildman–Crippen LogP) is 5.45. The molecule has 2 aromatic carbocycles. The minimum Gasteiger partial charge on any atom is -0.306 e. The number of benzene rings is 2. The number of hydrogen-bond donors (Lipinski definition) is 0. The standard InChI is InChI=1S/C30H26F2N4O/c31-25-2-1-3-26(32)24(25)17-35-10-8-22-13-30(22,18-35)14-27(37)19-4-5-20-15-34-29(23(20)12-19)21-6-7-28-33-9-11-36(28)16-21/h1-7,9,11-12,16,22H,8,10,13-15,17-18H2. The molecular formula is C30H26F2N4O. The molecule has 7 rings (SSSR count). The van der Waals surface area contributed by atoms with Crippen molar-refractivity contribution in [2.45, 2.75) is 32.4 Å². The first kappa shape index (κ1) is 22.5. The quantitative estimate of drug-likeness (QED) is 0.334. The number of nitrogens with zero attached hydrogens (tertiary/aromatic N) is 4. The minimum atomic E-state index is -0.508. The smallest absolute Gasteiger partial charge is 0.163 e. The number of aromatic nitrogens is 2. The van der Waals surface area contributed by atoms with E-state index < -0.39 is 11.6 Å². The van der Waals surface area contributed by atoms with Crippen molar-refractivity contribution in [1.29, 1.82) is 0 Å². The molecule has 4 heterocycles. The van der Waals surface area contributed by atoms with Gasteiger partial charge >= 0.3 is 0 Å². The number of halogens is 2. The van der Waals surface area contributed by atoms with E-state index >= 15 is 0 Å². The lowest BCUT2D eigenvalue weighted by atomic mass is 9.88. The van der Waals surface area contributed by atoms with Crippen LogP contribution in [0, 0.1) is 23.0 Å². The van der Waals surface area contributed by atoms with Crippen molar-refractivity contribution in [2.24, 2.45) is 16.3 Å². The summed E-state index contributed by atoms with van der Waals surface area (Å²) in [6.45, 7) is 2.34. The van der Waals surface area contributed by atoms with Gasteiger partial charge in [0.05, 0.1) is 12.3 Å². The molecule has 1 saturated heterocycles. The maximum atomic E-state index is 14.2. The Kier molecular flexibility index (Phi) is 5.11. The number of carbonyl (C=O) groups excluding carboxylic acids is 1. The monoisotopic (exact) mass is 496 g/mol. The minimum absolute atomic E-state index is 0.0978. The van der Waals surface area contributed by atoms with Crippen molar-refractivity contribution < 1.29 is 13.6 Å². The molecule has 0 amide bonds. The third-order valence-electron chi connectivity index (χ3n) is 8.40. The van der Waals surface area contributed by atoms with Crippen LogP contribution in [-0.2, 0) is 13.1 Å². The molecule has 1 aliphatic carbocycles. The first-order valence-electron chi connectivity index (χ1n) is 12.8. The molecule has 5 nitrogen and oxygen atoms in total. The number of carbonyl (C=O) groups is 1. The van der Waals surface area contributed by atoms with Crippen LogP contribution in [0.4, 0.5) is 8.78 Å². The van der Waals surface area contributed by atoms with Crippen LogP contribution >= 0.6 is 0 Å². The van der Waals surface area contributed by atoms with Gasteiger partial charge in [-0.05, 0) is 66.6 Å². The Balaban J connectivity index is 1.09. The second-order valence-corrected chi connectivity index (χ2v) is 10.7. The fraction of sp³-hybridized carbons (Fsp3) is 0.300. The van der Waals surface area contributed by atoms with Crippen LogP contribution in [0.5, 0.6) is 0 Å². The summed E-state index contributed by atoms with van der Waals surface area (Å²) in [7, 11) is 0. The number of rotatable bonds is 6. The molecule has 7 heteroatoms. The number of ketones is 1. The maximum Gasteiger partial charge on any atom is 0.163 e. The van der Waals surface area contributed by atoms with Gasteiger partial charge in [0.15, 0.2) is 5.78 Å². The van der Waals surface area contributed by atoms with Gasteiger partial charge in [-0.25, -0.2) is 13.8 Å². The van der Waals surface area contributed by atoms with E-state index in [1.54, 1.807) is 6.20 Å². The van der Waals surface area contributed by atoms with Crippen molar-refractivity contribution in [3.63, 3.8) is 0 Å². The predicted molar refractivity (Wildman–Crippen MR) is 137 cm³/mol. The molecule has 0 radical (unpaired) electrons. The van der Waals surface area contributed by atoms with Crippen LogP contribution in [0.1, 0.15) is 51.9 Å². The lowest BCUT2D eigenvalue weighted by Gasteiger charge is -2.32. The van der Waals surface area contributed by atoms with Crippen LogP contribution in [-0.4, -0.2) is 38.9 Å². The summed E-state index contributed by atoms with van der Waals surface area (Å²) in [5.41, 5.74) is 5.63. The number of Topliss-reactive ketones (excluding diaryl/α,β-unsaturated/α-hetero) is 1. The van der Waals surface area contributed by atoms with E-state index in [4.69, 9.17) is 4.99 Å². The molecule has 4 aromatic rings. The summed E-state index contributed by atoms with van der Waals surface area (Å²) in [5, 5.41) is 0.